The van der Waals surface area contributed by atoms with Crippen molar-refractivity contribution in [2.24, 2.45) is 0 Å². The Hall–Kier alpha value is -1.55. The standard InChI is InChI=1S/C11H14O4/c1-8(12)14-9-6-4-5-7-10(9)15-11(2,3)13/h4-7,13H,1-3H3. The molecule has 0 saturated heterocycles. The molecule has 82 valence electrons. The maximum atomic E-state index is 10.8. The molecule has 0 heterocycles. The number of carbonyl (C=O) groups is 1. The molecule has 0 spiro atoms. The lowest BCUT2D eigenvalue weighted by Crippen LogP contribution is -2.27. The van der Waals surface area contributed by atoms with E-state index in [0.717, 1.165) is 0 Å². The smallest absolute Gasteiger partial charge is 0.308 e. The fourth-order valence-corrected chi connectivity index (χ4v) is 1.04. The number of para-hydroxylation sites is 2. The van der Waals surface area contributed by atoms with Crippen molar-refractivity contribution in [3.05, 3.63) is 24.3 Å². The number of rotatable bonds is 3. The summed E-state index contributed by atoms with van der Waals surface area (Å²) in [5.41, 5.74) is 0. The molecule has 0 saturated carbocycles. The number of carbonyl (C=O) groups excluding carboxylic acids is 1. The highest BCUT2D eigenvalue weighted by Gasteiger charge is 2.17. The van der Waals surface area contributed by atoms with Gasteiger partial charge in [0.05, 0.1) is 0 Å². The summed E-state index contributed by atoms with van der Waals surface area (Å²) in [5, 5.41) is 9.47. The molecule has 0 radical (unpaired) electrons. The normalized spacial score (nSPS) is 10.9. The summed E-state index contributed by atoms with van der Waals surface area (Å²) in [5.74, 6) is -1.11. The van der Waals surface area contributed by atoms with Crippen LogP contribution in [0.25, 0.3) is 0 Å². The second-order valence-corrected chi connectivity index (χ2v) is 3.59. The van der Waals surface area contributed by atoms with E-state index in [-0.39, 0.29) is 0 Å². The van der Waals surface area contributed by atoms with Crippen LogP contribution in [0, 0.1) is 0 Å². The van der Waals surface area contributed by atoms with E-state index in [1.54, 1.807) is 24.3 Å². The zero-order valence-electron chi connectivity index (χ0n) is 8.98. The third-order valence-electron chi connectivity index (χ3n) is 1.46. The summed E-state index contributed by atoms with van der Waals surface area (Å²) in [6.45, 7) is 4.30. The van der Waals surface area contributed by atoms with Gasteiger partial charge in [-0.3, -0.25) is 4.79 Å². The second kappa shape index (κ2) is 4.31. The van der Waals surface area contributed by atoms with E-state index in [4.69, 9.17) is 9.47 Å². The van der Waals surface area contributed by atoms with Crippen LogP contribution in [0.3, 0.4) is 0 Å². The molecule has 15 heavy (non-hydrogen) atoms. The number of hydrogen-bond acceptors (Lipinski definition) is 4. The Bertz CT molecular complexity index is 352. The van der Waals surface area contributed by atoms with Gasteiger partial charge in [0, 0.05) is 20.8 Å². The molecule has 1 aromatic rings. The second-order valence-electron chi connectivity index (χ2n) is 3.59. The number of benzene rings is 1. The monoisotopic (exact) mass is 210 g/mol. The van der Waals surface area contributed by atoms with Gasteiger partial charge in [-0.1, -0.05) is 12.1 Å². The molecule has 1 rings (SSSR count). The molecule has 0 aliphatic carbocycles. The lowest BCUT2D eigenvalue weighted by Gasteiger charge is -2.21. The molecular weight excluding hydrogens is 196 g/mol. The van der Waals surface area contributed by atoms with E-state index < -0.39 is 11.8 Å². The molecule has 4 nitrogen and oxygen atoms in total. The van der Waals surface area contributed by atoms with Crippen LogP contribution in [-0.2, 0) is 4.79 Å². The highest BCUT2D eigenvalue weighted by Crippen LogP contribution is 2.29. The van der Waals surface area contributed by atoms with Crippen molar-refractivity contribution < 1.29 is 19.4 Å². The van der Waals surface area contributed by atoms with Gasteiger partial charge in [0.15, 0.2) is 11.5 Å². The predicted molar refractivity (Wildman–Crippen MR) is 54.7 cm³/mol. The van der Waals surface area contributed by atoms with E-state index in [2.05, 4.69) is 0 Å². The van der Waals surface area contributed by atoms with E-state index in [9.17, 15) is 9.90 Å². The molecule has 0 unspecified atom stereocenters. The van der Waals surface area contributed by atoms with Gasteiger partial charge < -0.3 is 14.6 Å². The van der Waals surface area contributed by atoms with Crippen molar-refractivity contribution in [3.63, 3.8) is 0 Å². The minimum absolute atomic E-state index is 0.298. The van der Waals surface area contributed by atoms with Gasteiger partial charge in [-0.05, 0) is 12.1 Å². The van der Waals surface area contributed by atoms with Gasteiger partial charge in [0.25, 0.3) is 0 Å². The van der Waals surface area contributed by atoms with Crippen LogP contribution >= 0.6 is 0 Å². The molecular formula is C11H14O4. The van der Waals surface area contributed by atoms with Crippen LogP contribution in [0.15, 0.2) is 24.3 Å². The number of ether oxygens (including phenoxy) is 2. The van der Waals surface area contributed by atoms with Crippen LogP contribution in [0.5, 0.6) is 11.5 Å². The van der Waals surface area contributed by atoms with E-state index in [1.807, 2.05) is 0 Å². The van der Waals surface area contributed by atoms with Crippen LogP contribution in [0.2, 0.25) is 0 Å². The van der Waals surface area contributed by atoms with Gasteiger partial charge in [-0.2, -0.15) is 0 Å². The van der Waals surface area contributed by atoms with Crippen LogP contribution in [0.1, 0.15) is 20.8 Å². The van der Waals surface area contributed by atoms with Crippen LogP contribution < -0.4 is 9.47 Å². The Labute approximate surface area is 88.4 Å². The van der Waals surface area contributed by atoms with Crippen molar-refractivity contribution in [2.45, 2.75) is 26.6 Å². The third-order valence-corrected chi connectivity index (χ3v) is 1.46. The molecule has 1 aromatic carbocycles. The minimum Gasteiger partial charge on any atom is -0.459 e. The predicted octanol–water partition coefficient (Wildman–Crippen LogP) is 1.72. The van der Waals surface area contributed by atoms with Gasteiger partial charge in [-0.25, -0.2) is 0 Å². The lowest BCUT2D eigenvalue weighted by atomic mass is 10.3. The zero-order chi connectivity index (χ0) is 11.5. The Morgan fingerprint density at radius 3 is 2.27 bits per heavy atom. The molecule has 0 atom stereocenters. The number of hydrogen-bond donors (Lipinski definition) is 1. The molecule has 4 heteroatoms. The molecule has 1 N–H and O–H groups in total. The van der Waals surface area contributed by atoms with Crippen LogP contribution in [0.4, 0.5) is 0 Å². The summed E-state index contributed by atoms with van der Waals surface area (Å²) >= 11 is 0. The summed E-state index contributed by atoms with van der Waals surface area (Å²) in [6, 6.07) is 6.67. The summed E-state index contributed by atoms with van der Waals surface area (Å²) in [7, 11) is 0. The average Bonchev–Trinajstić information content (AvgIpc) is 2.05. The van der Waals surface area contributed by atoms with Gasteiger partial charge in [0.2, 0.25) is 5.79 Å². The first kappa shape index (κ1) is 11.5. The van der Waals surface area contributed by atoms with Crippen molar-refractivity contribution in [2.75, 3.05) is 0 Å². The van der Waals surface area contributed by atoms with Crippen LogP contribution in [-0.4, -0.2) is 16.9 Å². The molecule has 0 aliphatic heterocycles. The highest BCUT2D eigenvalue weighted by molar-refractivity contribution is 5.70. The third kappa shape index (κ3) is 3.99. The topological polar surface area (TPSA) is 55.8 Å². The van der Waals surface area contributed by atoms with Gasteiger partial charge in [-0.15, -0.1) is 0 Å². The largest absolute Gasteiger partial charge is 0.459 e. The lowest BCUT2D eigenvalue weighted by molar-refractivity contribution is -0.133. The summed E-state index contributed by atoms with van der Waals surface area (Å²) in [6.07, 6.45) is 0. The Kier molecular flexibility index (Phi) is 3.31. The van der Waals surface area contributed by atoms with E-state index >= 15 is 0 Å². The quantitative estimate of drug-likeness (QED) is 0.469. The maximum Gasteiger partial charge on any atom is 0.308 e. The summed E-state index contributed by atoms with van der Waals surface area (Å²) in [4.78, 5) is 10.8. The minimum atomic E-state index is -1.31. The van der Waals surface area contributed by atoms with E-state index in [1.165, 1.54) is 20.8 Å². The van der Waals surface area contributed by atoms with E-state index in [0.29, 0.717) is 11.5 Å². The van der Waals surface area contributed by atoms with Crippen molar-refractivity contribution >= 4 is 5.97 Å². The Balaban J connectivity index is 2.91. The average molecular weight is 210 g/mol. The molecule has 0 aromatic heterocycles. The molecule has 0 bridgehead atoms. The first-order valence-corrected chi connectivity index (χ1v) is 4.57. The summed E-state index contributed by atoms with van der Waals surface area (Å²) < 4.78 is 10.1. The number of aliphatic hydroxyl groups is 1. The highest BCUT2D eigenvalue weighted by atomic mass is 16.6. The van der Waals surface area contributed by atoms with Crippen molar-refractivity contribution in [3.8, 4) is 11.5 Å². The number of esters is 1. The Morgan fingerprint density at radius 1 is 1.27 bits per heavy atom. The van der Waals surface area contributed by atoms with Gasteiger partial charge in [0.1, 0.15) is 0 Å². The first-order valence-electron chi connectivity index (χ1n) is 4.57. The molecule has 0 fully saturated rings. The van der Waals surface area contributed by atoms with Gasteiger partial charge >= 0.3 is 5.97 Å². The van der Waals surface area contributed by atoms with Crippen molar-refractivity contribution in [1.82, 2.24) is 0 Å². The molecule has 0 aliphatic rings. The van der Waals surface area contributed by atoms with Crippen molar-refractivity contribution in [1.29, 1.82) is 0 Å². The fraction of sp³-hybridized carbons (Fsp3) is 0.364. The Morgan fingerprint density at radius 2 is 1.80 bits per heavy atom. The first-order chi connectivity index (χ1) is 6.88. The zero-order valence-corrected chi connectivity index (χ0v) is 8.98. The fourth-order valence-electron chi connectivity index (χ4n) is 1.04. The SMILES string of the molecule is CC(=O)Oc1ccccc1OC(C)(C)O. The maximum absolute atomic E-state index is 10.8. The molecule has 0 amide bonds.